The van der Waals surface area contributed by atoms with Gasteiger partial charge in [-0.05, 0) is 37.1 Å². The van der Waals surface area contributed by atoms with Crippen molar-refractivity contribution < 1.29 is 26.3 Å². The molecule has 9 heteroatoms. The maximum absolute atomic E-state index is 12.6. The van der Waals surface area contributed by atoms with E-state index in [1.165, 1.54) is 4.31 Å². The lowest BCUT2D eigenvalue weighted by Gasteiger charge is -2.46. The molecule has 0 bridgehead atoms. The van der Waals surface area contributed by atoms with Crippen molar-refractivity contribution in [1.29, 1.82) is 0 Å². The average Bonchev–Trinajstić information content (AvgIpc) is 2.53. The summed E-state index contributed by atoms with van der Waals surface area (Å²) >= 11 is 0. The van der Waals surface area contributed by atoms with Crippen LogP contribution in [0, 0.1) is 0 Å². The molecule has 0 spiro atoms. The van der Waals surface area contributed by atoms with E-state index in [1.807, 2.05) is 0 Å². The van der Waals surface area contributed by atoms with Gasteiger partial charge >= 0.3 is 6.18 Å². The summed E-state index contributed by atoms with van der Waals surface area (Å²) < 4.78 is 69.4. The summed E-state index contributed by atoms with van der Waals surface area (Å²) in [7, 11) is -2.04. The lowest BCUT2D eigenvalue weighted by molar-refractivity contribution is -0.137. The van der Waals surface area contributed by atoms with Crippen molar-refractivity contribution in [2.45, 2.75) is 36.1 Å². The number of hydrogen-bond donors (Lipinski definition) is 0. The lowest BCUT2D eigenvalue weighted by Crippen LogP contribution is -2.62. The summed E-state index contributed by atoms with van der Waals surface area (Å²) in [6.07, 6.45) is -2.35. The molecule has 25 heavy (non-hydrogen) atoms. The van der Waals surface area contributed by atoms with Gasteiger partial charge in [0.1, 0.15) is 0 Å². The highest BCUT2D eigenvalue weighted by molar-refractivity contribution is 7.89. The first-order chi connectivity index (χ1) is 11.7. The van der Waals surface area contributed by atoms with Gasteiger partial charge in [-0.3, -0.25) is 4.90 Å². The Bertz CT molecular complexity index is 692. The molecule has 2 aliphatic heterocycles. The summed E-state index contributed by atoms with van der Waals surface area (Å²) in [6, 6.07) is 3.83. The van der Waals surface area contributed by atoms with Gasteiger partial charge in [-0.25, -0.2) is 8.42 Å². The molecule has 0 aliphatic carbocycles. The zero-order chi connectivity index (χ0) is 18.2. The molecule has 2 aliphatic rings. The summed E-state index contributed by atoms with van der Waals surface area (Å²) in [5, 5.41) is 0. The summed E-state index contributed by atoms with van der Waals surface area (Å²) in [4.78, 5) is 2.16. The number of sulfonamides is 1. The zero-order valence-corrected chi connectivity index (χ0v) is 14.7. The van der Waals surface area contributed by atoms with Crippen LogP contribution >= 0.6 is 0 Å². The molecule has 0 unspecified atom stereocenters. The molecule has 0 N–H and O–H groups in total. The predicted molar refractivity (Wildman–Crippen MR) is 85.6 cm³/mol. The lowest BCUT2D eigenvalue weighted by atomic mass is 10.0. The normalized spacial score (nSPS) is 22.1. The molecule has 0 atom stereocenters. The molecule has 3 rings (SSSR count). The zero-order valence-electron chi connectivity index (χ0n) is 13.9. The molecule has 2 fully saturated rings. The number of methoxy groups -OCH3 is 1. The monoisotopic (exact) mass is 378 g/mol. The van der Waals surface area contributed by atoms with Crippen LogP contribution in [0.3, 0.4) is 0 Å². The van der Waals surface area contributed by atoms with E-state index in [2.05, 4.69) is 4.90 Å². The first-order valence-corrected chi connectivity index (χ1v) is 9.60. The Morgan fingerprint density at radius 2 is 1.64 bits per heavy atom. The van der Waals surface area contributed by atoms with E-state index in [9.17, 15) is 21.6 Å². The molecule has 2 heterocycles. The standard InChI is InChI=1S/C16H21F3N2O3S/c1-24-14-6-8-20(9-7-14)13-10-21(11-13)25(22,23)15-4-2-12(3-5-15)16(17,18)19/h2-5,13-14H,6-11H2,1H3. The second-order valence-corrected chi connectivity index (χ2v) is 8.41. The van der Waals surface area contributed by atoms with Gasteiger partial charge in [-0.1, -0.05) is 0 Å². The van der Waals surface area contributed by atoms with E-state index < -0.39 is 21.8 Å². The highest BCUT2D eigenvalue weighted by atomic mass is 32.2. The Kier molecular flexibility index (Phi) is 5.11. The Labute approximate surface area is 145 Å². The molecular weight excluding hydrogens is 357 g/mol. The molecule has 2 saturated heterocycles. The number of hydrogen-bond acceptors (Lipinski definition) is 4. The third-order valence-corrected chi connectivity index (χ3v) is 6.82. The minimum atomic E-state index is -4.47. The third-order valence-electron chi connectivity index (χ3n) is 4.97. The Morgan fingerprint density at radius 1 is 1.08 bits per heavy atom. The van der Waals surface area contributed by atoms with Crippen molar-refractivity contribution in [3.63, 3.8) is 0 Å². The second-order valence-electron chi connectivity index (χ2n) is 6.47. The first-order valence-electron chi connectivity index (χ1n) is 8.16. The number of rotatable bonds is 4. The number of alkyl halides is 3. The Hall–Kier alpha value is -1.16. The third kappa shape index (κ3) is 3.84. The first kappa shape index (κ1) is 18.6. The minimum absolute atomic E-state index is 0.1000. The summed E-state index contributed by atoms with van der Waals surface area (Å²) in [6.45, 7) is 2.50. The molecule has 5 nitrogen and oxygen atoms in total. The van der Waals surface area contributed by atoms with Crippen LogP contribution < -0.4 is 0 Å². The van der Waals surface area contributed by atoms with Crippen LogP contribution in [0.4, 0.5) is 13.2 Å². The van der Waals surface area contributed by atoms with Crippen LogP contribution in [0.5, 0.6) is 0 Å². The van der Waals surface area contributed by atoms with Crippen LogP contribution in [0.15, 0.2) is 29.2 Å². The molecule has 140 valence electrons. The van der Waals surface area contributed by atoms with Crippen molar-refractivity contribution in [3.8, 4) is 0 Å². The van der Waals surface area contributed by atoms with E-state index in [0.717, 1.165) is 50.2 Å². The topological polar surface area (TPSA) is 49.9 Å². The van der Waals surface area contributed by atoms with Gasteiger partial charge in [-0.15, -0.1) is 0 Å². The van der Waals surface area contributed by atoms with E-state index in [-0.39, 0.29) is 17.0 Å². The fourth-order valence-electron chi connectivity index (χ4n) is 3.29. The van der Waals surface area contributed by atoms with Crippen LogP contribution in [0.25, 0.3) is 0 Å². The smallest absolute Gasteiger partial charge is 0.381 e. The van der Waals surface area contributed by atoms with E-state index in [1.54, 1.807) is 7.11 Å². The Balaban J connectivity index is 1.60. The molecule has 0 amide bonds. The number of nitrogens with zero attached hydrogens (tertiary/aromatic N) is 2. The van der Waals surface area contributed by atoms with Crippen LogP contribution in [-0.2, 0) is 20.9 Å². The molecule has 0 aromatic heterocycles. The molecular formula is C16H21F3N2O3S. The van der Waals surface area contributed by atoms with Gasteiger partial charge < -0.3 is 4.74 Å². The van der Waals surface area contributed by atoms with Crippen LogP contribution in [0.1, 0.15) is 18.4 Å². The number of likely N-dealkylation sites (tertiary alicyclic amines) is 1. The van der Waals surface area contributed by atoms with Gasteiger partial charge in [0.2, 0.25) is 10.0 Å². The van der Waals surface area contributed by atoms with Gasteiger partial charge in [0.15, 0.2) is 0 Å². The SMILES string of the molecule is COC1CCN(C2CN(S(=O)(=O)c3ccc(C(F)(F)F)cc3)C2)CC1. The van der Waals surface area contributed by atoms with Gasteiger partial charge in [0.05, 0.1) is 16.6 Å². The van der Waals surface area contributed by atoms with Crippen molar-refractivity contribution >= 4 is 10.0 Å². The van der Waals surface area contributed by atoms with Gasteiger partial charge in [-0.2, -0.15) is 17.5 Å². The maximum atomic E-state index is 12.6. The maximum Gasteiger partial charge on any atom is 0.416 e. The number of ether oxygens (including phenoxy) is 1. The van der Waals surface area contributed by atoms with Crippen LogP contribution in [0.2, 0.25) is 0 Å². The predicted octanol–water partition coefficient (Wildman–Crippen LogP) is 2.19. The fraction of sp³-hybridized carbons (Fsp3) is 0.625. The summed E-state index contributed by atoms with van der Waals surface area (Å²) in [5.41, 5.74) is -0.853. The molecule has 0 radical (unpaired) electrons. The molecule has 0 saturated carbocycles. The second kappa shape index (κ2) is 6.86. The molecule has 1 aromatic rings. The van der Waals surface area contributed by atoms with Crippen molar-refractivity contribution in [2.75, 3.05) is 33.3 Å². The summed E-state index contributed by atoms with van der Waals surface area (Å²) in [5.74, 6) is 0. The van der Waals surface area contributed by atoms with E-state index >= 15 is 0 Å². The number of halogens is 3. The highest BCUT2D eigenvalue weighted by Gasteiger charge is 2.40. The quantitative estimate of drug-likeness (QED) is 0.806. The average molecular weight is 378 g/mol. The van der Waals surface area contributed by atoms with Crippen LogP contribution in [-0.4, -0.2) is 63.1 Å². The van der Waals surface area contributed by atoms with Crippen molar-refractivity contribution in [1.82, 2.24) is 9.21 Å². The highest BCUT2D eigenvalue weighted by Crippen LogP contribution is 2.31. The van der Waals surface area contributed by atoms with Gasteiger partial charge in [0.25, 0.3) is 0 Å². The Morgan fingerprint density at radius 3 is 2.12 bits per heavy atom. The van der Waals surface area contributed by atoms with Crippen molar-refractivity contribution in [3.05, 3.63) is 29.8 Å². The number of benzene rings is 1. The van der Waals surface area contributed by atoms with E-state index in [0.29, 0.717) is 13.1 Å². The van der Waals surface area contributed by atoms with E-state index in [4.69, 9.17) is 4.74 Å². The minimum Gasteiger partial charge on any atom is -0.381 e. The van der Waals surface area contributed by atoms with Gasteiger partial charge in [0, 0.05) is 39.3 Å². The largest absolute Gasteiger partial charge is 0.416 e. The van der Waals surface area contributed by atoms with Crippen molar-refractivity contribution in [2.24, 2.45) is 0 Å². The number of piperidine rings is 1. The molecule has 1 aromatic carbocycles. The fourth-order valence-corrected chi connectivity index (χ4v) is 4.80.